The Morgan fingerprint density at radius 1 is 1.38 bits per heavy atom. The predicted molar refractivity (Wildman–Crippen MR) is 72.5 cm³/mol. The SMILES string of the molecule is CSc1cccc(N2CCSCC2)c1C#N. The minimum Gasteiger partial charge on any atom is -0.369 e. The van der Waals surface area contributed by atoms with Crippen molar-refractivity contribution in [3.05, 3.63) is 23.8 Å². The Kier molecular flexibility index (Phi) is 4.03. The van der Waals surface area contributed by atoms with Gasteiger partial charge in [0, 0.05) is 29.5 Å². The minimum absolute atomic E-state index is 0.835. The van der Waals surface area contributed by atoms with Crippen LogP contribution in [0.25, 0.3) is 0 Å². The van der Waals surface area contributed by atoms with E-state index in [0.717, 1.165) is 40.7 Å². The summed E-state index contributed by atoms with van der Waals surface area (Å²) in [5.41, 5.74) is 1.94. The average Bonchev–Trinajstić information content (AvgIpc) is 2.38. The fraction of sp³-hybridized carbons (Fsp3) is 0.417. The lowest BCUT2D eigenvalue weighted by Gasteiger charge is -2.29. The number of rotatable bonds is 2. The molecule has 0 N–H and O–H groups in total. The Balaban J connectivity index is 2.35. The van der Waals surface area contributed by atoms with Gasteiger partial charge in [0.15, 0.2) is 0 Å². The van der Waals surface area contributed by atoms with Gasteiger partial charge in [-0.2, -0.15) is 17.0 Å². The van der Waals surface area contributed by atoms with E-state index < -0.39 is 0 Å². The highest BCUT2D eigenvalue weighted by molar-refractivity contribution is 7.99. The number of nitriles is 1. The van der Waals surface area contributed by atoms with Crippen molar-refractivity contribution in [1.29, 1.82) is 5.26 Å². The predicted octanol–water partition coefficient (Wildman–Crippen LogP) is 2.83. The number of hydrogen-bond acceptors (Lipinski definition) is 4. The summed E-state index contributed by atoms with van der Waals surface area (Å²) in [7, 11) is 0. The maximum Gasteiger partial charge on any atom is 0.103 e. The summed E-state index contributed by atoms with van der Waals surface area (Å²) in [5.74, 6) is 2.32. The lowest BCUT2D eigenvalue weighted by atomic mass is 10.1. The van der Waals surface area contributed by atoms with Crippen LogP contribution in [0, 0.1) is 11.3 Å². The normalized spacial score (nSPS) is 15.9. The van der Waals surface area contributed by atoms with Crippen LogP contribution < -0.4 is 4.90 Å². The second-order valence-corrected chi connectivity index (χ2v) is 5.64. The Bertz CT molecular complexity index is 406. The van der Waals surface area contributed by atoms with Crippen molar-refractivity contribution in [1.82, 2.24) is 0 Å². The minimum atomic E-state index is 0.835. The molecule has 1 saturated heterocycles. The van der Waals surface area contributed by atoms with Gasteiger partial charge in [-0.1, -0.05) is 6.07 Å². The zero-order valence-corrected chi connectivity index (χ0v) is 10.9. The second-order valence-electron chi connectivity index (χ2n) is 3.57. The largest absolute Gasteiger partial charge is 0.369 e. The van der Waals surface area contributed by atoms with Crippen LogP contribution in [0.1, 0.15) is 5.56 Å². The summed E-state index contributed by atoms with van der Waals surface area (Å²) in [5, 5.41) is 9.27. The van der Waals surface area contributed by atoms with E-state index >= 15 is 0 Å². The molecule has 1 heterocycles. The molecule has 0 saturated carbocycles. The summed E-state index contributed by atoms with van der Waals surface area (Å²) in [6, 6.07) is 8.47. The fourth-order valence-electron chi connectivity index (χ4n) is 1.87. The lowest BCUT2D eigenvalue weighted by Crippen LogP contribution is -2.33. The molecule has 1 fully saturated rings. The second kappa shape index (κ2) is 5.51. The Morgan fingerprint density at radius 2 is 2.12 bits per heavy atom. The number of nitrogens with zero attached hydrogens (tertiary/aromatic N) is 2. The third-order valence-electron chi connectivity index (χ3n) is 2.69. The van der Waals surface area contributed by atoms with Gasteiger partial charge in [0.25, 0.3) is 0 Å². The zero-order chi connectivity index (χ0) is 11.4. The van der Waals surface area contributed by atoms with Gasteiger partial charge in [-0.25, -0.2) is 0 Å². The molecule has 1 aliphatic rings. The first kappa shape index (κ1) is 11.7. The van der Waals surface area contributed by atoms with Gasteiger partial charge in [0.2, 0.25) is 0 Å². The molecule has 0 spiro atoms. The van der Waals surface area contributed by atoms with Crippen molar-refractivity contribution in [3.63, 3.8) is 0 Å². The molecular formula is C12H14N2S2. The van der Waals surface area contributed by atoms with Crippen molar-refractivity contribution in [2.45, 2.75) is 4.90 Å². The standard InChI is InChI=1S/C12H14N2S2/c1-15-12-4-2-3-11(10(12)9-13)14-5-7-16-8-6-14/h2-4H,5-8H2,1H3. The first-order chi connectivity index (χ1) is 7.86. The molecule has 84 valence electrons. The fourth-order valence-corrected chi connectivity index (χ4v) is 3.34. The van der Waals surface area contributed by atoms with E-state index in [2.05, 4.69) is 17.0 Å². The van der Waals surface area contributed by atoms with Crippen LogP contribution in [-0.4, -0.2) is 30.9 Å². The zero-order valence-electron chi connectivity index (χ0n) is 9.27. The maximum absolute atomic E-state index is 9.27. The smallest absolute Gasteiger partial charge is 0.103 e. The van der Waals surface area contributed by atoms with E-state index in [0.29, 0.717) is 0 Å². The number of benzene rings is 1. The van der Waals surface area contributed by atoms with Gasteiger partial charge < -0.3 is 4.90 Å². The monoisotopic (exact) mass is 250 g/mol. The highest BCUT2D eigenvalue weighted by Crippen LogP contribution is 2.30. The van der Waals surface area contributed by atoms with E-state index in [-0.39, 0.29) is 0 Å². The van der Waals surface area contributed by atoms with Crippen molar-refractivity contribution >= 4 is 29.2 Å². The Labute approximate surface area is 105 Å². The first-order valence-electron chi connectivity index (χ1n) is 5.26. The summed E-state index contributed by atoms with van der Waals surface area (Å²) in [4.78, 5) is 3.41. The topological polar surface area (TPSA) is 27.0 Å². The molecule has 1 aromatic rings. The van der Waals surface area contributed by atoms with Gasteiger partial charge >= 0.3 is 0 Å². The van der Waals surface area contributed by atoms with Crippen LogP contribution in [0.3, 0.4) is 0 Å². The lowest BCUT2D eigenvalue weighted by molar-refractivity contribution is 0.855. The van der Waals surface area contributed by atoms with E-state index in [1.165, 1.54) is 0 Å². The summed E-state index contributed by atoms with van der Waals surface area (Å²) < 4.78 is 0. The summed E-state index contributed by atoms with van der Waals surface area (Å²) >= 11 is 3.63. The molecule has 16 heavy (non-hydrogen) atoms. The van der Waals surface area contributed by atoms with Crippen LogP contribution in [0.4, 0.5) is 5.69 Å². The molecule has 0 atom stereocenters. The van der Waals surface area contributed by atoms with Crippen LogP contribution >= 0.6 is 23.5 Å². The van der Waals surface area contributed by atoms with Crippen LogP contribution in [0.5, 0.6) is 0 Å². The molecule has 2 rings (SSSR count). The van der Waals surface area contributed by atoms with Crippen LogP contribution in [-0.2, 0) is 0 Å². The molecule has 4 heteroatoms. The molecule has 0 aromatic heterocycles. The highest BCUT2D eigenvalue weighted by Gasteiger charge is 2.16. The van der Waals surface area contributed by atoms with E-state index in [9.17, 15) is 5.26 Å². The maximum atomic E-state index is 9.27. The van der Waals surface area contributed by atoms with Gasteiger partial charge in [0.05, 0.1) is 11.3 Å². The van der Waals surface area contributed by atoms with Gasteiger partial charge in [-0.3, -0.25) is 0 Å². The van der Waals surface area contributed by atoms with E-state index in [1.54, 1.807) is 11.8 Å². The molecule has 0 radical (unpaired) electrons. The van der Waals surface area contributed by atoms with Gasteiger partial charge in [-0.15, -0.1) is 11.8 Å². The molecule has 1 aliphatic heterocycles. The third-order valence-corrected chi connectivity index (χ3v) is 4.41. The number of hydrogen-bond donors (Lipinski definition) is 0. The first-order valence-corrected chi connectivity index (χ1v) is 7.64. The van der Waals surface area contributed by atoms with Crippen molar-refractivity contribution < 1.29 is 0 Å². The van der Waals surface area contributed by atoms with Gasteiger partial charge in [0.1, 0.15) is 6.07 Å². The summed E-state index contributed by atoms with van der Waals surface area (Å²) in [6.45, 7) is 2.11. The van der Waals surface area contributed by atoms with E-state index in [4.69, 9.17) is 0 Å². The average molecular weight is 250 g/mol. The van der Waals surface area contributed by atoms with E-state index in [1.807, 2.05) is 30.2 Å². The molecular weight excluding hydrogens is 236 g/mol. The van der Waals surface area contributed by atoms with Crippen molar-refractivity contribution in [2.24, 2.45) is 0 Å². The molecule has 0 aliphatic carbocycles. The quantitative estimate of drug-likeness (QED) is 0.754. The number of thioether (sulfide) groups is 2. The van der Waals surface area contributed by atoms with Crippen LogP contribution in [0.15, 0.2) is 23.1 Å². The highest BCUT2D eigenvalue weighted by atomic mass is 32.2. The Morgan fingerprint density at radius 3 is 2.75 bits per heavy atom. The molecule has 0 unspecified atom stereocenters. The third kappa shape index (κ3) is 2.31. The Hall–Kier alpha value is -0.790. The van der Waals surface area contributed by atoms with Gasteiger partial charge in [-0.05, 0) is 18.4 Å². The molecule has 1 aromatic carbocycles. The van der Waals surface area contributed by atoms with Crippen LogP contribution in [0.2, 0.25) is 0 Å². The molecule has 0 bridgehead atoms. The molecule has 2 nitrogen and oxygen atoms in total. The summed E-state index contributed by atoms with van der Waals surface area (Å²) in [6.07, 6.45) is 2.02. The number of anilines is 1. The van der Waals surface area contributed by atoms with Crippen molar-refractivity contribution in [2.75, 3.05) is 35.8 Å². The molecule has 0 amide bonds. The van der Waals surface area contributed by atoms with Crippen molar-refractivity contribution in [3.8, 4) is 6.07 Å².